The zero-order chi connectivity index (χ0) is 37.4. The fourth-order valence-electron chi connectivity index (χ4n) is 8.25. The van der Waals surface area contributed by atoms with Gasteiger partial charge in [-0.15, -0.1) is 0 Å². The van der Waals surface area contributed by atoms with Gasteiger partial charge in [-0.2, -0.15) is 0 Å². The minimum absolute atomic E-state index is 0.418. The predicted molar refractivity (Wildman–Crippen MR) is 229 cm³/mol. The molecule has 0 spiro atoms. The van der Waals surface area contributed by atoms with Crippen molar-refractivity contribution in [2.75, 3.05) is 26.2 Å². The molecule has 4 heteroatoms. The first-order valence-electron chi connectivity index (χ1n) is 24.2. The highest BCUT2D eigenvalue weighted by Gasteiger charge is 2.15. The Hall–Kier alpha value is -1.06. The molecule has 0 aromatic carbocycles. The van der Waals surface area contributed by atoms with E-state index in [1.54, 1.807) is 0 Å². The summed E-state index contributed by atoms with van der Waals surface area (Å²) in [5.74, 6) is 0.836. The average molecular weight is 731 g/mol. The zero-order valence-electron chi connectivity index (χ0n) is 35.8. The lowest BCUT2D eigenvalue weighted by Crippen LogP contribution is -2.31. The van der Waals surface area contributed by atoms with E-state index in [9.17, 15) is 9.59 Å². The van der Waals surface area contributed by atoms with E-state index in [0.29, 0.717) is 11.8 Å². The molecule has 2 aliphatic heterocycles. The van der Waals surface area contributed by atoms with Crippen LogP contribution in [0.4, 0.5) is 0 Å². The molecule has 2 aliphatic rings. The zero-order valence-corrected chi connectivity index (χ0v) is 35.8. The maximum absolute atomic E-state index is 12.2. The lowest BCUT2D eigenvalue weighted by Gasteiger charge is -2.20. The SMILES string of the molecule is CCCCCCCCCCCCCCCCCC(=O)N1CCCCCC1.CCCCCCCCCCCCCCCCCC(=O)N1CCCCCC1. The van der Waals surface area contributed by atoms with Gasteiger partial charge in [-0.3, -0.25) is 9.59 Å². The van der Waals surface area contributed by atoms with Crippen molar-refractivity contribution in [3.63, 3.8) is 0 Å². The molecular weight excluding hydrogens is 637 g/mol. The number of carbonyl (C=O) groups excluding carboxylic acids is 2. The second-order valence-electron chi connectivity index (χ2n) is 17.0. The molecule has 0 bridgehead atoms. The number of unbranched alkanes of at least 4 members (excludes halogenated alkanes) is 28. The summed E-state index contributed by atoms with van der Waals surface area (Å²) in [6, 6.07) is 0. The minimum atomic E-state index is 0.418. The third-order valence-corrected chi connectivity index (χ3v) is 11.9. The number of hydrogen-bond acceptors (Lipinski definition) is 2. The molecule has 0 N–H and O–H groups in total. The largest absolute Gasteiger partial charge is 0.343 e. The van der Waals surface area contributed by atoms with Gasteiger partial charge in [0.15, 0.2) is 0 Å². The first-order valence-corrected chi connectivity index (χ1v) is 24.2. The summed E-state index contributed by atoms with van der Waals surface area (Å²) in [5, 5.41) is 0. The number of likely N-dealkylation sites (tertiary alicyclic amines) is 2. The average Bonchev–Trinajstić information content (AvgIpc) is 3.62. The van der Waals surface area contributed by atoms with Crippen LogP contribution in [0.2, 0.25) is 0 Å². The van der Waals surface area contributed by atoms with Crippen molar-refractivity contribution in [1.82, 2.24) is 9.80 Å². The van der Waals surface area contributed by atoms with Crippen LogP contribution in [0.1, 0.15) is 271 Å². The van der Waals surface area contributed by atoms with Crippen LogP contribution in [0, 0.1) is 0 Å². The Labute approximate surface area is 327 Å². The van der Waals surface area contributed by atoms with E-state index in [2.05, 4.69) is 23.6 Å². The van der Waals surface area contributed by atoms with E-state index in [0.717, 1.165) is 51.9 Å². The maximum Gasteiger partial charge on any atom is 0.222 e. The Bertz CT molecular complexity index is 677. The van der Waals surface area contributed by atoms with E-state index >= 15 is 0 Å². The normalized spacial score (nSPS) is 15.2. The topological polar surface area (TPSA) is 40.6 Å². The first kappa shape index (κ1) is 49.0. The Kier molecular flexibility index (Phi) is 37.3. The molecule has 0 aromatic heterocycles. The summed E-state index contributed by atoms with van der Waals surface area (Å²) in [7, 11) is 0. The summed E-state index contributed by atoms with van der Waals surface area (Å²) >= 11 is 0. The van der Waals surface area contributed by atoms with Crippen LogP contribution < -0.4 is 0 Å². The smallest absolute Gasteiger partial charge is 0.222 e. The van der Waals surface area contributed by atoms with E-state index < -0.39 is 0 Å². The Morgan fingerprint density at radius 3 is 0.692 bits per heavy atom. The fraction of sp³-hybridized carbons (Fsp3) is 0.958. The van der Waals surface area contributed by atoms with Crippen molar-refractivity contribution in [3.05, 3.63) is 0 Å². The van der Waals surface area contributed by atoms with Crippen molar-refractivity contribution in [3.8, 4) is 0 Å². The standard InChI is InChI=1S/2C24H47NO/c2*1-2-3-4-5-6-7-8-9-10-11-12-13-14-15-18-21-24(26)25-22-19-16-17-20-23-25/h2*2-23H2,1H3. The first-order chi connectivity index (χ1) is 25.7. The van der Waals surface area contributed by atoms with Gasteiger partial charge in [0.1, 0.15) is 0 Å². The van der Waals surface area contributed by atoms with Crippen molar-refractivity contribution in [2.24, 2.45) is 0 Å². The van der Waals surface area contributed by atoms with Crippen molar-refractivity contribution in [1.29, 1.82) is 0 Å². The van der Waals surface area contributed by atoms with Crippen molar-refractivity contribution in [2.45, 2.75) is 271 Å². The number of carbonyl (C=O) groups is 2. The molecule has 4 nitrogen and oxygen atoms in total. The summed E-state index contributed by atoms with van der Waals surface area (Å²) in [6.07, 6.45) is 53.2. The van der Waals surface area contributed by atoms with E-state index in [4.69, 9.17) is 0 Å². The van der Waals surface area contributed by atoms with Gasteiger partial charge in [0.05, 0.1) is 0 Å². The summed E-state index contributed by atoms with van der Waals surface area (Å²) in [6.45, 7) is 8.62. The second kappa shape index (κ2) is 39.6. The molecule has 0 aliphatic carbocycles. The Balaban J connectivity index is 0.000000520. The molecule has 52 heavy (non-hydrogen) atoms. The molecule has 0 unspecified atom stereocenters. The van der Waals surface area contributed by atoms with Crippen LogP contribution in [-0.4, -0.2) is 47.8 Å². The molecule has 0 aromatic rings. The highest BCUT2D eigenvalue weighted by molar-refractivity contribution is 5.76. The summed E-state index contributed by atoms with van der Waals surface area (Å²) in [4.78, 5) is 28.7. The maximum atomic E-state index is 12.2. The monoisotopic (exact) mass is 731 g/mol. The van der Waals surface area contributed by atoms with Gasteiger partial charge in [-0.05, 0) is 38.5 Å². The van der Waals surface area contributed by atoms with Gasteiger partial charge >= 0.3 is 0 Å². The number of amides is 2. The van der Waals surface area contributed by atoms with Gasteiger partial charge in [-0.25, -0.2) is 0 Å². The number of hydrogen-bond donors (Lipinski definition) is 0. The van der Waals surface area contributed by atoms with E-state index in [1.807, 2.05) is 0 Å². The van der Waals surface area contributed by atoms with E-state index in [-0.39, 0.29) is 0 Å². The highest BCUT2D eigenvalue weighted by atomic mass is 16.2. The second-order valence-corrected chi connectivity index (χ2v) is 17.0. The van der Waals surface area contributed by atoms with Crippen LogP contribution in [-0.2, 0) is 9.59 Å². The minimum Gasteiger partial charge on any atom is -0.343 e. The highest BCUT2D eigenvalue weighted by Crippen LogP contribution is 2.17. The molecule has 0 atom stereocenters. The molecule has 2 saturated heterocycles. The predicted octanol–water partition coefficient (Wildman–Crippen LogP) is 15.3. The van der Waals surface area contributed by atoms with Gasteiger partial charge in [0.2, 0.25) is 11.8 Å². The molecule has 2 heterocycles. The lowest BCUT2D eigenvalue weighted by molar-refractivity contribution is -0.132. The van der Waals surface area contributed by atoms with Gasteiger partial charge in [0, 0.05) is 39.0 Å². The van der Waals surface area contributed by atoms with Crippen LogP contribution in [0.3, 0.4) is 0 Å². The molecule has 2 rings (SSSR count). The molecule has 2 amide bonds. The van der Waals surface area contributed by atoms with Crippen LogP contribution in [0.5, 0.6) is 0 Å². The fourth-order valence-corrected chi connectivity index (χ4v) is 8.25. The van der Waals surface area contributed by atoms with Crippen molar-refractivity contribution < 1.29 is 9.59 Å². The van der Waals surface area contributed by atoms with Crippen LogP contribution in [0.15, 0.2) is 0 Å². The third kappa shape index (κ3) is 32.4. The lowest BCUT2D eigenvalue weighted by atomic mass is 10.0. The molecular formula is C48H94N2O2. The van der Waals surface area contributed by atoms with E-state index in [1.165, 1.54) is 231 Å². The van der Waals surface area contributed by atoms with Gasteiger partial charge in [0.25, 0.3) is 0 Å². The molecule has 0 radical (unpaired) electrons. The number of nitrogens with zero attached hydrogens (tertiary/aromatic N) is 2. The van der Waals surface area contributed by atoms with Gasteiger partial charge in [-0.1, -0.05) is 219 Å². The summed E-state index contributed by atoms with van der Waals surface area (Å²) < 4.78 is 0. The Morgan fingerprint density at radius 1 is 0.288 bits per heavy atom. The van der Waals surface area contributed by atoms with Crippen LogP contribution in [0.25, 0.3) is 0 Å². The Morgan fingerprint density at radius 2 is 0.481 bits per heavy atom. The number of rotatable bonds is 32. The van der Waals surface area contributed by atoms with Crippen molar-refractivity contribution >= 4 is 11.8 Å². The quantitative estimate of drug-likeness (QED) is 0.0647. The molecule has 2 fully saturated rings. The molecule has 308 valence electrons. The van der Waals surface area contributed by atoms with Gasteiger partial charge < -0.3 is 9.80 Å². The summed E-state index contributed by atoms with van der Waals surface area (Å²) in [5.41, 5.74) is 0. The molecule has 0 saturated carbocycles. The van der Waals surface area contributed by atoms with Crippen LogP contribution >= 0.6 is 0 Å². The third-order valence-electron chi connectivity index (χ3n) is 11.9.